The molecule has 11 heavy (non-hydrogen) atoms. The predicted octanol–water partition coefficient (Wildman–Crippen LogP) is 5.05. The maximum absolute atomic E-state index is 2.21. The molecule has 0 bridgehead atoms. The Morgan fingerprint density at radius 1 is 0.909 bits per heavy atom. The standard InChI is InChI=1S/C8H16.3CH4/c1-5-6-8(4)7(2)3;;;/h5-6H2,1-4H3;3*1H4. The van der Waals surface area contributed by atoms with Crippen LogP contribution in [0.15, 0.2) is 11.1 Å². The van der Waals surface area contributed by atoms with Crippen LogP contribution in [-0.4, -0.2) is 0 Å². The lowest BCUT2D eigenvalue weighted by Crippen LogP contribution is -1.77. The van der Waals surface area contributed by atoms with Crippen LogP contribution < -0.4 is 0 Å². The third-order valence-electron chi connectivity index (χ3n) is 1.48. The zero-order valence-electron chi connectivity index (χ0n) is 6.41. The fraction of sp³-hybridized carbons (Fsp3) is 0.818. The van der Waals surface area contributed by atoms with E-state index in [0.717, 1.165) is 0 Å². The molecule has 0 spiro atoms. The van der Waals surface area contributed by atoms with Gasteiger partial charge in [0.25, 0.3) is 0 Å². The van der Waals surface area contributed by atoms with Crippen LogP contribution in [0.1, 0.15) is 62.8 Å². The third kappa shape index (κ3) is 12.8. The molecule has 0 atom stereocenters. The normalized spacial score (nSPS) is 6.55. The van der Waals surface area contributed by atoms with E-state index in [1.54, 1.807) is 5.57 Å². The van der Waals surface area contributed by atoms with Gasteiger partial charge in [-0.15, -0.1) is 0 Å². The van der Waals surface area contributed by atoms with Gasteiger partial charge < -0.3 is 0 Å². The van der Waals surface area contributed by atoms with E-state index in [1.165, 1.54) is 18.4 Å². The minimum absolute atomic E-state index is 0. The average molecular weight is 160 g/mol. The van der Waals surface area contributed by atoms with Crippen molar-refractivity contribution in [2.45, 2.75) is 62.8 Å². The van der Waals surface area contributed by atoms with Crippen LogP contribution in [0.2, 0.25) is 0 Å². The van der Waals surface area contributed by atoms with Crippen molar-refractivity contribution in [2.24, 2.45) is 0 Å². The fourth-order valence-corrected chi connectivity index (χ4v) is 0.625. The zero-order chi connectivity index (χ0) is 6.57. The van der Waals surface area contributed by atoms with Crippen molar-refractivity contribution >= 4 is 0 Å². The molecule has 0 aromatic carbocycles. The van der Waals surface area contributed by atoms with Gasteiger partial charge in [-0.2, -0.15) is 0 Å². The first kappa shape index (κ1) is 22.4. The highest BCUT2D eigenvalue weighted by Crippen LogP contribution is 2.07. The molecule has 0 saturated heterocycles. The maximum atomic E-state index is 2.21. The molecule has 0 aliphatic heterocycles. The summed E-state index contributed by atoms with van der Waals surface area (Å²) in [4.78, 5) is 0. The lowest BCUT2D eigenvalue weighted by Gasteiger charge is -1.98. The Labute approximate surface area is 74.7 Å². The Balaban J connectivity index is -0.0000000817. The van der Waals surface area contributed by atoms with E-state index in [4.69, 9.17) is 0 Å². The summed E-state index contributed by atoms with van der Waals surface area (Å²) in [5, 5.41) is 0. The lowest BCUT2D eigenvalue weighted by molar-refractivity contribution is 0.890. The number of rotatable bonds is 2. The first-order valence-corrected chi connectivity index (χ1v) is 3.31. The maximum Gasteiger partial charge on any atom is -0.0323 e. The summed E-state index contributed by atoms with van der Waals surface area (Å²) in [7, 11) is 0. The van der Waals surface area contributed by atoms with E-state index >= 15 is 0 Å². The second-order valence-corrected chi connectivity index (χ2v) is 2.53. The molecule has 0 heteroatoms. The van der Waals surface area contributed by atoms with Gasteiger partial charge >= 0.3 is 0 Å². The van der Waals surface area contributed by atoms with E-state index < -0.39 is 0 Å². The van der Waals surface area contributed by atoms with Gasteiger partial charge in [0.1, 0.15) is 0 Å². The summed E-state index contributed by atoms with van der Waals surface area (Å²) >= 11 is 0. The molecule has 0 fully saturated rings. The van der Waals surface area contributed by atoms with Crippen LogP contribution in [0.3, 0.4) is 0 Å². The van der Waals surface area contributed by atoms with Crippen LogP contribution >= 0.6 is 0 Å². The minimum Gasteiger partial charge on any atom is -0.0776 e. The van der Waals surface area contributed by atoms with Gasteiger partial charge in [0.15, 0.2) is 0 Å². The number of hydrogen-bond acceptors (Lipinski definition) is 0. The number of hydrogen-bond donors (Lipinski definition) is 0. The summed E-state index contributed by atoms with van der Waals surface area (Å²) in [6.07, 6.45) is 2.54. The minimum atomic E-state index is 0. The SMILES string of the molecule is C.C.C.CCCC(C)=C(C)C. The van der Waals surface area contributed by atoms with Crippen molar-refractivity contribution in [2.75, 3.05) is 0 Å². The second-order valence-electron chi connectivity index (χ2n) is 2.53. The van der Waals surface area contributed by atoms with Gasteiger partial charge in [0.2, 0.25) is 0 Å². The summed E-state index contributed by atoms with van der Waals surface area (Å²) in [5.41, 5.74) is 3.03. The van der Waals surface area contributed by atoms with E-state index in [9.17, 15) is 0 Å². The van der Waals surface area contributed by atoms with E-state index in [-0.39, 0.29) is 22.3 Å². The van der Waals surface area contributed by atoms with Crippen molar-refractivity contribution in [3.8, 4) is 0 Å². The molecule has 0 aliphatic carbocycles. The first-order chi connectivity index (χ1) is 3.68. The molecule has 0 unspecified atom stereocenters. The molecule has 0 aromatic rings. The molecule has 0 nitrogen and oxygen atoms in total. The zero-order valence-corrected chi connectivity index (χ0v) is 6.41. The van der Waals surface area contributed by atoms with Gasteiger partial charge in [0, 0.05) is 0 Å². The number of allylic oxidation sites excluding steroid dienone is 2. The molecule has 72 valence electrons. The highest BCUT2D eigenvalue weighted by Gasteiger charge is 1.87. The Hall–Kier alpha value is -0.260. The smallest absolute Gasteiger partial charge is 0.0323 e. The molecule has 0 rings (SSSR count). The topological polar surface area (TPSA) is 0 Å². The van der Waals surface area contributed by atoms with E-state index in [0.29, 0.717) is 0 Å². The highest BCUT2D eigenvalue weighted by molar-refractivity contribution is 5.05. The highest BCUT2D eigenvalue weighted by atomic mass is 13.9. The summed E-state index contributed by atoms with van der Waals surface area (Å²) in [6, 6.07) is 0. The Morgan fingerprint density at radius 2 is 1.27 bits per heavy atom. The summed E-state index contributed by atoms with van der Waals surface area (Å²) < 4.78 is 0. The predicted molar refractivity (Wildman–Crippen MR) is 59.1 cm³/mol. The monoisotopic (exact) mass is 160 g/mol. The molecular formula is C11H28. The van der Waals surface area contributed by atoms with Gasteiger partial charge in [-0.1, -0.05) is 46.8 Å². The summed E-state index contributed by atoms with van der Waals surface area (Å²) in [6.45, 7) is 8.77. The molecule has 0 aromatic heterocycles. The van der Waals surface area contributed by atoms with Gasteiger partial charge in [-0.25, -0.2) is 0 Å². The van der Waals surface area contributed by atoms with Crippen LogP contribution in [0.25, 0.3) is 0 Å². The van der Waals surface area contributed by atoms with E-state index in [1.807, 2.05) is 0 Å². The molecule has 0 saturated carbocycles. The Bertz CT molecular complexity index is 84.2. The molecule has 0 N–H and O–H groups in total. The van der Waals surface area contributed by atoms with Crippen molar-refractivity contribution in [1.82, 2.24) is 0 Å². The van der Waals surface area contributed by atoms with Crippen LogP contribution in [0.5, 0.6) is 0 Å². The first-order valence-electron chi connectivity index (χ1n) is 3.31. The molecule has 0 radical (unpaired) electrons. The molecule has 0 amide bonds. The van der Waals surface area contributed by atoms with Crippen molar-refractivity contribution in [3.05, 3.63) is 11.1 Å². The van der Waals surface area contributed by atoms with Crippen LogP contribution in [-0.2, 0) is 0 Å². The third-order valence-corrected chi connectivity index (χ3v) is 1.48. The van der Waals surface area contributed by atoms with E-state index in [2.05, 4.69) is 27.7 Å². The van der Waals surface area contributed by atoms with Crippen LogP contribution in [0, 0.1) is 0 Å². The summed E-state index contributed by atoms with van der Waals surface area (Å²) in [5.74, 6) is 0. The quantitative estimate of drug-likeness (QED) is 0.496. The average Bonchev–Trinajstić information content (AvgIpc) is 1.67. The molecule has 0 aliphatic rings. The van der Waals surface area contributed by atoms with Gasteiger partial charge in [-0.05, 0) is 27.2 Å². The van der Waals surface area contributed by atoms with Crippen molar-refractivity contribution < 1.29 is 0 Å². The van der Waals surface area contributed by atoms with Crippen LogP contribution in [0.4, 0.5) is 0 Å². The fourth-order valence-electron chi connectivity index (χ4n) is 0.625. The van der Waals surface area contributed by atoms with Crippen molar-refractivity contribution in [1.29, 1.82) is 0 Å². The second kappa shape index (κ2) is 12.4. The van der Waals surface area contributed by atoms with Crippen molar-refractivity contribution in [3.63, 3.8) is 0 Å². The lowest BCUT2D eigenvalue weighted by atomic mass is 10.1. The Morgan fingerprint density at radius 3 is 1.36 bits per heavy atom. The molecule has 0 heterocycles. The largest absolute Gasteiger partial charge is 0.0776 e. The Kier molecular flexibility index (Phi) is 25.3. The molecular weight excluding hydrogens is 132 g/mol. The van der Waals surface area contributed by atoms with Gasteiger partial charge in [0.05, 0.1) is 0 Å². The van der Waals surface area contributed by atoms with Gasteiger partial charge in [-0.3, -0.25) is 0 Å².